The number of rotatable bonds is 4. The van der Waals surface area contributed by atoms with Gasteiger partial charge in [0.15, 0.2) is 0 Å². The second kappa shape index (κ2) is 6.76. The lowest BCUT2D eigenvalue weighted by atomic mass is 9.97. The maximum absolute atomic E-state index is 12.8. The first-order valence-corrected chi connectivity index (χ1v) is 8.29. The highest BCUT2D eigenvalue weighted by Gasteiger charge is 2.31. The standard InChI is InChI=1S/C17H17N3O3S/c1-10-14(15(20-17(22)18-10)11-7-8-24-9-11)16(21)19-12-5-3-4-6-13(12)23-2/h3-9,15H,1-2H3,(H,19,21)(H2,18,20,22)/t15-/m0/s1. The predicted molar refractivity (Wildman–Crippen MR) is 93.1 cm³/mol. The van der Waals surface area contributed by atoms with Crippen LogP contribution in [0.5, 0.6) is 5.75 Å². The molecule has 0 unspecified atom stereocenters. The van der Waals surface area contributed by atoms with Crippen molar-refractivity contribution >= 4 is 29.0 Å². The minimum absolute atomic E-state index is 0.291. The maximum Gasteiger partial charge on any atom is 0.319 e. The Balaban J connectivity index is 1.93. The zero-order valence-corrected chi connectivity index (χ0v) is 14.1. The molecule has 3 rings (SSSR count). The van der Waals surface area contributed by atoms with E-state index >= 15 is 0 Å². The van der Waals surface area contributed by atoms with Crippen LogP contribution in [0.2, 0.25) is 0 Å². The number of thiophene rings is 1. The molecule has 0 saturated heterocycles. The lowest BCUT2D eigenvalue weighted by molar-refractivity contribution is -0.113. The van der Waals surface area contributed by atoms with E-state index in [-0.39, 0.29) is 11.9 Å². The molecular formula is C17H17N3O3S. The fourth-order valence-corrected chi connectivity index (χ4v) is 3.31. The summed E-state index contributed by atoms with van der Waals surface area (Å²) in [5.74, 6) is 0.282. The third kappa shape index (κ3) is 3.11. The quantitative estimate of drug-likeness (QED) is 0.798. The molecule has 3 N–H and O–H groups in total. The topological polar surface area (TPSA) is 79.5 Å². The van der Waals surface area contributed by atoms with Gasteiger partial charge >= 0.3 is 6.03 Å². The molecule has 2 heterocycles. The zero-order chi connectivity index (χ0) is 17.1. The van der Waals surface area contributed by atoms with Gasteiger partial charge in [-0.3, -0.25) is 4.79 Å². The molecule has 2 aromatic rings. The van der Waals surface area contributed by atoms with Crippen molar-refractivity contribution < 1.29 is 14.3 Å². The van der Waals surface area contributed by atoms with Crippen LogP contribution in [0.25, 0.3) is 0 Å². The summed E-state index contributed by atoms with van der Waals surface area (Å²) in [5, 5.41) is 12.1. The highest BCUT2D eigenvalue weighted by atomic mass is 32.1. The van der Waals surface area contributed by atoms with Crippen molar-refractivity contribution in [1.82, 2.24) is 10.6 Å². The molecular weight excluding hydrogens is 326 g/mol. The monoisotopic (exact) mass is 343 g/mol. The number of urea groups is 1. The van der Waals surface area contributed by atoms with Gasteiger partial charge in [-0.05, 0) is 41.4 Å². The number of hydrogen-bond donors (Lipinski definition) is 3. The van der Waals surface area contributed by atoms with Crippen molar-refractivity contribution in [1.29, 1.82) is 0 Å². The van der Waals surface area contributed by atoms with Gasteiger partial charge in [-0.25, -0.2) is 4.79 Å². The van der Waals surface area contributed by atoms with Crippen molar-refractivity contribution in [2.24, 2.45) is 0 Å². The van der Waals surface area contributed by atoms with Gasteiger partial charge in [0, 0.05) is 5.70 Å². The number of para-hydroxylation sites is 2. The van der Waals surface area contributed by atoms with Crippen LogP contribution in [0.4, 0.5) is 10.5 Å². The highest BCUT2D eigenvalue weighted by molar-refractivity contribution is 7.08. The molecule has 3 amide bonds. The summed E-state index contributed by atoms with van der Waals surface area (Å²) >= 11 is 1.51. The lowest BCUT2D eigenvalue weighted by Gasteiger charge is -2.28. The first kappa shape index (κ1) is 16.1. The summed E-state index contributed by atoms with van der Waals surface area (Å²) in [6, 6.07) is 8.27. The highest BCUT2D eigenvalue weighted by Crippen LogP contribution is 2.30. The lowest BCUT2D eigenvalue weighted by Crippen LogP contribution is -2.45. The number of carbonyl (C=O) groups excluding carboxylic acids is 2. The Morgan fingerprint density at radius 2 is 2.08 bits per heavy atom. The van der Waals surface area contributed by atoms with Crippen LogP contribution in [-0.2, 0) is 4.79 Å². The van der Waals surface area contributed by atoms with Gasteiger partial charge in [-0.15, -0.1) is 0 Å². The number of benzene rings is 1. The molecule has 1 aliphatic heterocycles. The predicted octanol–water partition coefficient (Wildman–Crippen LogP) is 3.02. The van der Waals surface area contributed by atoms with E-state index in [1.54, 1.807) is 26.2 Å². The molecule has 0 radical (unpaired) electrons. The Morgan fingerprint density at radius 3 is 2.79 bits per heavy atom. The smallest absolute Gasteiger partial charge is 0.319 e. The molecule has 0 bridgehead atoms. The average Bonchev–Trinajstić information content (AvgIpc) is 3.08. The number of anilines is 1. The molecule has 6 nitrogen and oxygen atoms in total. The third-order valence-electron chi connectivity index (χ3n) is 3.75. The van der Waals surface area contributed by atoms with Crippen molar-refractivity contribution in [3.63, 3.8) is 0 Å². The summed E-state index contributed by atoms with van der Waals surface area (Å²) in [5.41, 5.74) is 2.45. The van der Waals surface area contributed by atoms with Crippen molar-refractivity contribution in [3.8, 4) is 5.75 Å². The van der Waals surface area contributed by atoms with Gasteiger partial charge in [0.2, 0.25) is 0 Å². The van der Waals surface area contributed by atoms with E-state index in [0.717, 1.165) is 5.56 Å². The Labute approximate surface area is 143 Å². The number of ether oxygens (including phenoxy) is 1. The van der Waals surface area contributed by atoms with E-state index in [9.17, 15) is 9.59 Å². The molecule has 0 saturated carbocycles. The number of hydrogen-bond acceptors (Lipinski definition) is 4. The number of amides is 3. The van der Waals surface area contributed by atoms with Crippen LogP contribution in [0.15, 0.2) is 52.4 Å². The molecule has 24 heavy (non-hydrogen) atoms. The largest absolute Gasteiger partial charge is 0.495 e. The van der Waals surface area contributed by atoms with Gasteiger partial charge in [0.1, 0.15) is 5.75 Å². The normalized spacial score (nSPS) is 17.1. The van der Waals surface area contributed by atoms with E-state index in [0.29, 0.717) is 22.7 Å². The number of methoxy groups -OCH3 is 1. The van der Waals surface area contributed by atoms with E-state index in [4.69, 9.17) is 4.74 Å². The Kier molecular flexibility index (Phi) is 4.52. The van der Waals surface area contributed by atoms with Crippen molar-refractivity contribution in [2.75, 3.05) is 12.4 Å². The second-order valence-corrected chi connectivity index (χ2v) is 6.06. The number of allylic oxidation sites excluding steroid dienone is 1. The minimum Gasteiger partial charge on any atom is -0.495 e. The first-order chi connectivity index (χ1) is 11.6. The molecule has 1 aliphatic rings. The number of carbonyl (C=O) groups is 2. The van der Waals surface area contributed by atoms with Gasteiger partial charge in [0.25, 0.3) is 5.91 Å². The Bertz CT molecular complexity index is 799. The minimum atomic E-state index is -0.486. The summed E-state index contributed by atoms with van der Waals surface area (Å²) in [7, 11) is 1.55. The zero-order valence-electron chi connectivity index (χ0n) is 13.3. The van der Waals surface area contributed by atoms with Gasteiger partial charge < -0.3 is 20.7 Å². The van der Waals surface area contributed by atoms with Gasteiger partial charge in [-0.1, -0.05) is 12.1 Å². The first-order valence-electron chi connectivity index (χ1n) is 7.35. The fourth-order valence-electron chi connectivity index (χ4n) is 2.62. The summed E-state index contributed by atoms with van der Waals surface area (Å²) in [4.78, 5) is 24.6. The van der Waals surface area contributed by atoms with E-state index in [1.807, 2.05) is 29.0 Å². The molecule has 124 valence electrons. The molecule has 1 atom stereocenters. The Morgan fingerprint density at radius 1 is 1.29 bits per heavy atom. The summed E-state index contributed by atoms with van der Waals surface area (Å²) < 4.78 is 5.26. The average molecular weight is 343 g/mol. The second-order valence-electron chi connectivity index (χ2n) is 5.28. The summed E-state index contributed by atoms with van der Waals surface area (Å²) in [6.45, 7) is 1.72. The SMILES string of the molecule is COc1ccccc1NC(=O)C1=C(C)NC(=O)N[C@H]1c1ccsc1. The van der Waals surface area contributed by atoms with Crippen molar-refractivity contribution in [2.45, 2.75) is 13.0 Å². The molecule has 0 aliphatic carbocycles. The molecule has 1 aromatic heterocycles. The maximum atomic E-state index is 12.8. The summed E-state index contributed by atoms with van der Waals surface area (Å²) in [6.07, 6.45) is 0. The molecule has 1 aromatic carbocycles. The van der Waals surface area contributed by atoms with Crippen LogP contribution in [-0.4, -0.2) is 19.0 Å². The number of nitrogens with one attached hydrogen (secondary N) is 3. The van der Waals surface area contributed by atoms with Gasteiger partial charge in [-0.2, -0.15) is 11.3 Å². The van der Waals surface area contributed by atoms with Crippen LogP contribution in [0.3, 0.4) is 0 Å². The third-order valence-corrected chi connectivity index (χ3v) is 4.45. The van der Waals surface area contributed by atoms with Crippen LogP contribution in [0, 0.1) is 0 Å². The molecule has 0 spiro atoms. The molecule has 7 heteroatoms. The van der Waals surface area contributed by atoms with E-state index in [2.05, 4.69) is 16.0 Å². The van der Waals surface area contributed by atoms with Crippen LogP contribution in [0.1, 0.15) is 18.5 Å². The van der Waals surface area contributed by atoms with Crippen LogP contribution >= 0.6 is 11.3 Å². The Hall–Kier alpha value is -2.80. The van der Waals surface area contributed by atoms with Crippen molar-refractivity contribution in [3.05, 3.63) is 57.9 Å². The van der Waals surface area contributed by atoms with E-state index in [1.165, 1.54) is 11.3 Å². The van der Waals surface area contributed by atoms with E-state index < -0.39 is 6.04 Å². The molecule has 0 fully saturated rings. The van der Waals surface area contributed by atoms with Crippen LogP contribution < -0.4 is 20.7 Å². The van der Waals surface area contributed by atoms with Gasteiger partial charge in [0.05, 0.1) is 24.4 Å². The fraction of sp³-hybridized carbons (Fsp3) is 0.176.